The van der Waals surface area contributed by atoms with Gasteiger partial charge in [0.1, 0.15) is 5.75 Å². The summed E-state index contributed by atoms with van der Waals surface area (Å²) in [7, 11) is -2.11. The third kappa shape index (κ3) is 4.95. The minimum Gasteiger partial charge on any atom is -0.496 e. The van der Waals surface area contributed by atoms with E-state index in [4.69, 9.17) is 4.74 Å². The Labute approximate surface area is 172 Å². The molecule has 0 aliphatic rings. The molecule has 0 saturated carbocycles. The van der Waals surface area contributed by atoms with Crippen LogP contribution in [0.15, 0.2) is 65.8 Å². The number of methoxy groups -OCH3 is 1. The molecule has 152 valence electrons. The highest BCUT2D eigenvalue weighted by Gasteiger charge is 2.21. The number of pyridine rings is 1. The van der Waals surface area contributed by atoms with E-state index >= 15 is 0 Å². The predicted molar refractivity (Wildman–Crippen MR) is 116 cm³/mol. The Morgan fingerprint density at radius 1 is 1.00 bits per heavy atom. The number of rotatable bonds is 7. The third-order valence-corrected chi connectivity index (χ3v) is 6.33. The highest BCUT2D eigenvalue weighted by molar-refractivity contribution is 7.92. The molecule has 0 radical (unpaired) electrons. The first kappa shape index (κ1) is 20.9. The van der Waals surface area contributed by atoms with E-state index in [0.29, 0.717) is 17.0 Å². The number of anilines is 1. The minimum absolute atomic E-state index is 0.145. The van der Waals surface area contributed by atoms with Crippen LogP contribution in [0.3, 0.4) is 0 Å². The summed E-state index contributed by atoms with van der Waals surface area (Å²) in [6.45, 7) is 5.80. The number of aromatic nitrogens is 1. The average molecular weight is 411 g/mol. The van der Waals surface area contributed by atoms with Gasteiger partial charge in [0, 0.05) is 18.1 Å². The van der Waals surface area contributed by atoms with E-state index in [9.17, 15) is 8.42 Å². The van der Waals surface area contributed by atoms with Gasteiger partial charge in [0.25, 0.3) is 10.0 Å². The summed E-state index contributed by atoms with van der Waals surface area (Å²) in [5.74, 6) is 0.851. The molecule has 29 heavy (non-hydrogen) atoms. The largest absolute Gasteiger partial charge is 0.496 e. The lowest BCUT2D eigenvalue weighted by molar-refractivity contribution is 0.406. The molecule has 0 atom stereocenters. The fourth-order valence-electron chi connectivity index (χ4n) is 3.23. The molecule has 0 aliphatic heterocycles. The number of hydrogen-bond donors (Lipinski definition) is 1. The van der Waals surface area contributed by atoms with Crippen molar-refractivity contribution in [2.75, 3.05) is 11.8 Å². The SMILES string of the molecule is COc1cc(C)c(S(=O)(=O)Nc2ccc(Cc3ccncc3)cc2)cc1C(C)C. The smallest absolute Gasteiger partial charge is 0.262 e. The van der Waals surface area contributed by atoms with Crippen molar-refractivity contribution in [2.45, 2.75) is 38.0 Å². The van der Waals surface area contributed by atoms with Gasteiger partial charge >= 0.3 is 0 Å². The summed E-state index contributed by atoms with van der Waals surface area (Å²) >= 11 is 0. The second-order valence-electron chi connectivity index (χ2n) is 7.35. The van der Waals surface area contributed by atoms with Crippen molar-refractivity contribution in [3.8, 4) is 5.75 Å². The van der Waals surface area contributed by atoms with Gasteiger partial charge in [0.15, 0.2) is 0 Å². The van der Waals surface area contributed by atoms with Gasteiger partial charge in [0.05, 0.1) is 12.0 Å². The first-order valence-electron chi connectivity index (χ1n) is 9.49. The zero-order chi connectivity index (χ0) is 21.0. The first-order valence-corrected chi connectivity index (χ1v) is 11.0. The maximum atomic E-state index is 13.0. The van der Waals surface area contributed by atoms with Crippen LogP contribution >= 0.6 is 0 Å². The molecule has 6 heteroatoms. The van der Waals surface area contributed by atoms with Crippen LogP contribution in [0, 0.1) is 6.92 Å². The highest BCUT2D eigenvalue weighted by atomic mass is 32.2. The van der Waals surface area contributed by atoms with E-state index in [-0.39, 0.29) is 10.8 Å². The second kappa shape index (κ2) is 8.66. The topological polar surface area (TPSA) is 68.3 Å². The van der Waals surface area contributed by atoms with Crippen LogP contribution in [0.1, 0.15) is 42.0 Å². The molecule has 0 unspecified atom stereocenters. The summed E-state index contributed by atoms with van der Waals surface area (Å²) in [6.07, 6.45) is 4.30. The van der Waals surface area contributed by atoms with Gasteiger partial charge in [-0.1, -0.05) is 26.0 Å². The van der Waals surface area contributed by atoms with Crippen molar-refractivity contribution in [1.29, 1.82) is 0 Å². The Morgan fingerprint density at radius 2 is 1.62 bits per heavy atom. The Bertz CT molecular complexity index is 1080. The maximum Gasteiger partial charge on any atom is 0.262 e. The Kier molecular flexibility index (Phi) is 6.23. The van der Waals surface area contributed by atoms with Crippen molar-refractivity contribution in [3.05, 3.63) is 83.2 Å². The average Bonchev–Trinajstić information content (AvgIpc) is 2.69. The lowest BCUT2D eigenvalue weighted by atomic mass is 10.0. The van der Waals surface area contributed by atoms with Crippen LogP contribution < -0.4 is 9.46 Å². The van der Waals surface area contributed by atoms with E-state index in [0.717, 1.165) is 23.1 Å². The van der Waals surface area contributed by atoms with Crippen molar-refractivity contribution in [1.82, 2.24) is 4.98 Å². The minimum atomic E-state index is -3.71. The summed E-state index contributed by atoms with van der Waals surface area (Å²) in [6, 6.07) is 14.9. The van der Waals surface area contributed by atoms with Crippen LogP contribution in [-0.2, 0) is 16.4 Å². The zero-order valence-corrected chi connectivity index (χ0v) is 18.0. The number of benzene rings is 2. The van der Waals surface area contributed by atoms with Crippen molar-refractivity contribution in [3.63, 3.8) is 0 Å². The molecule has 0 fully saturated rings. The van der Waals surface area contributed by atoms with Gasteiger partial charge < -0.3 is 4.74 Å². The standard InChI is InChI=1S/C23H26N2O3S/c1-16(2)21-15-23(17(3)13-22(21)28-4)29(26,27)25-20-7-5-18(6-8-20)14-19-9-11-24-12-10-19/h5-13,15-16,25H,14H2,1-4H3. The van der Waals surface area contributed by atoms with Gasteiger partial charge in [-0.3, -0.25) is 9.71 Å². The molecule has 3 aromatic rings. The fourth-order valence-corrected chi connectivity index (χ4v) is 4.55. The lowest BCUT2D eigenvalue weighted by Gasteiger charge is -2.17. The van der Waals surface area contributed by atoms with Crippen molar-refractivity contribution in [2.24, 2.45) is 0 Å². The molecule has 2 aromatic carbocycles. The Morgan fingerprint density at radius 3 is 2.21 bits per heavy atom. The Balaban J connectivity index is 1.83. The second-order valence-corrected chi connectivity index (χ2v) is 9.00. The molecule has 1 N–H and O–H groups in total. The number of nitrogens with zero attached hydrogens (tertiary/aromatic N) is 1. The highest BCUT2D eigenvalue weighted by Crippen LogP contribution is 2.32. The molecular formula is C23H26N2O3S. The van der Waals surface area contributed by atoms with Crippen LogP contribution in [0.5, 0.6) is 5.75 Å². The molecule has 3 rings (SSSR count). The van der Waals surface area contributed by atoms with Crippen molar-refractivity contribution < 1.29 is 13.2 Å². The molecule has 0 bridgehead atoms. The van der Waals surface area contributed by atoms with Gasteiger partial charge in [0.2, 0.25) is 0 Å². The number of nitrogens with one attached hydrogen (secondary N) is 1. The Hall–Kier alpha value is -2.86. The van der Waals surface area contributed by atoms with Gasteiger partial charge in [-0.05, 0) is 77.9 Å². The van der Waals surface area contributed by atoms with E-state index in [2.05, 4.69) is 9.71 Å². The third-order valence-electron chi connectivity index (χ3n) is 4.80. The van der Waals surface area contributed by atoms with Crippen LogP contribution in [0.25, 0.3) is 0 Å². The monoisotopic (exact) mass is 410 g/mol. The molecule has 0 spiro atoms. The molecule has 1 heterocycles. The molecule has 5 nitrogen and oxygen atoms in total. The molecule has 1 aromatic heterocycles. The molecule has 0 saturated heterocycles. The number of ether oxygens (including phenoxy) is 1. The summed E-state index contributed by atoms with van der Waals surface area (Å²) in [4.78, 5) is 4.29. The fraction of sp³-hybridized carbons (Fsp3) is 0.261. The van der Waals surface area contributed by atoms with Crippen LogP contribution in [0.4, 0.5) is 5.69 Å². The van der Waals surface area contributed by atoms with E-state index < -0.39 is 10.0 Å². The van der Waals surface area contributed by atoms with E-state index in [1.807, 2.05) is 38.1 Å². The molecule has 0 aliphatic carbocycles. The van der Waals surface area contributed by atoms with Crippen molar-refractivity contribution >= 4 is 15.7 Å². The maximum absolute atomic E-state index is 13.0. The van der Waals surface area contributed by atoms with Gasteiger partial charge in [-0.25, -0.2) is 8.42 Å². The zero-order valence-electron chi connectivity index (χ0n) is 17.1. The normalized spacial score (nSPS) is 11.5. The number of sulfonamides is 1. The summed E-state index contributed by atoms with van der Waals surface area (Å²) in [5, 5.41) is 0. The molecular weight excluding hydrogens is 384 g/mol. The van der Waals surface area contributed by atoms with Gasteiger partial charge in [-0.2, -0.15) is 0 Å². The summed E-state index contributed by atoms with van der Waals surface area (Å²) < 4.78 is 34.1. The van der Waals surface area contributed by atoms with Gasteiger partial charge in [-0.15, -0.1) is 0 Å². The molecule has 0 amide bonds. The van der Waals surface area contributed by atoms with Crippen LogP contribution in [0.2, 0.25) is 0 Å². The van der Waals surface area contributed by atoms with E-state index in [1.54, 1.807) is 50.7 Å². The number of hydrogen-bond acceptors (Lipinski definition) is 4. The first-order chi connectivity index (χ1) is 13.8. The summed E-state index contributed by atoms with van der Waals surface area (Å²) in [5.41, 5.74) is 4.30. The van der Waals surface area contributed by atoms with E-state index in [1.165, 1.54) is 0 Å². The number of aryl methyl sites for hydroxylation is 1. The quantitative estimate of drug-likeness (QED) is 0.601. The van der Waals surface area contributed by atoms with Crippen LogP contribution in [-0.4, -0.2) is 20.5 Å². The lowest BCUT2D eigenvalue weighted by Crippen LogP contribution is -2.15. The predicted octanol–water partition coefficient (Wildman–Crippen LogP) is 4.91.